The van der Waals surface area contributed by atoms with Crippen molar-refractivity contribution in [1.29, 1.82) is 0 Å². The molecule has 0 unspecified atom stereocenters. The molecule has 9 heteroatoms. The van der Waals surface area contributed by atoms with E-state index in [1.54, 1.807) is 27.8 Å². The molecule has 0 atom stereocenters. The van der Waals surface area contributed by atoms with Crippen LogP contribution in [0.4, 0.5) is 28.0 Å². The van der Waals surface area contributed by atoms with Gasteiger partial charge < -0.3 is 14.8 Å². The highest BCUT2D eigenvalue weighted by molar-refractivity contribution is 6.31. The van der Waals surface area contributed by atoms with Crippen LogP contribution >= 0.6 is 11.6 Å². The largest absolute Gasteiger partial charge is 0.416 e. The Bertz CT molecular complexity index is 1340. The minimum absolute atomic E-state index is 0.114. The minimum Gasteiger partial charge on any atom is -0.345 e. The number of carbonyl (C=O) groups excluding carboxylic acids is 1. The van der Waals surface area contributed by atoms with Gasteiger partial charge in [-0.25, -0.2) is 9.18 Å². The number of amides is 2. The lowest BCUT2D eigenvalue weighted by molar-refractivity contribution is -0.137. The number of alkyl halides is 3. The van der Waals surface area contributed by atoms with E-state index in [0.717, 1.165) is 23.4 Å². The van der Waals surface area contributed by atoms with Gasteiger partial charge in [-0.15, -0.1) is 0 Å². The molecule has 0 bridgehead atoms. The maximum absolute atomic E-state index is 13.5. The summed E-state index contributed by atoms with van der Waals surface area (Å²) in [5.74, 6) is -0.594. The van der Waals surface area contributed by atoms with Crippen molar-refractivity contribution < 1.29 is 22.4 Å². The van der Waals surface area contributed by atoms with E-state index in [4.69, 9.17) is 11.6 Å². The van der Waals surface area contributed by atoms with Gasteiger partial charge in [0.05, 0.1) is 17.1 Å². The third kappa shape index (κ3) is 6.46. The fourth-order valence-electron chi connectivity index (χ4n) is 3.77. The molecule has 0 fully saturated rings. The van der Waals surface area contributed by atoms with Crippen molar-refractivity contribution in [2.24, 2.45) is 0 Å². The number of hydrogen-bond acceptors (Lipinski definition) is 1. The first kappa shape index (κ1) is 25.3. The molecule has 4 aromatic rings. The van der Waals surface area contributed by atoms with Crippen molar-refractivity contribution in [1.82, 2.24) is 9.47 Å². The van der Waals surface area contributed by atoms with Crippen molar-refractivity contribution >= 4 is 23.3 Å². The van der Waals surface area contributed by atoms with Gasteiger partial charge in [-0.2, -0.15) is 13.2 Å². The van der Waals surface area contributed by atoms with Gasteiger partial charge in [0.25, 0.3) is 0 Å². The van der Waals surface area contributed by atoms with E-state index in [9.17, 15) is 22.4 Å². The fraction of sp³-hybridized carbons (Fsp3) is 0.148. The maximum atomic E-state index is 13.5. The molecule has 3 aromatic carbocycles. The normalized spacial score (nSPS) is 11.4. The highest BCUT2D eigenvalue weighted by Crippen LogP contribution is 2.30. The zero-order valence-corrected chi connectivity index (χ0v) is 19.7. The Morgan fingerprint density at radius 2 is 1.64 bits per heavy atom. The predicted molar refractivity (Wildman–Crippen MR) is 131 cm³/mol. The first-order chi connectivity index (χ1) is 17.2. The molecule has 2 amide bonds. The van der Waals surface area contributed by atoms with E-state index in [0.29, 0.717) is 11.3 Å². The Morgan fingerprint density at radius 1 is 0.889 bits per heavy atom. The third-order valence-corrected chi connectivity index (χ3v) is 5.85. The number of benzene rings is 3. The van der Waals surface area contributed by atoms with Crippen LogP contribution in [0.15, 0.2) is 91.1 Å². The molecular formula is C27H22ClF4N3O. The van der Waals surface area contributed by atoms with Crippen molar-refractivity contribution in [2.75, 3.05) is 5.32 Å². The molecule has 4 rings (SSSR count). The summed E-state index contributed by atoms with van der Waals surface area (Å²) >= 11 is 5.85. The van der Waals surface area contributed by atoms with Crippen molar-refractivity contribution in [3.8, 4) is 0 Å². The van der Waals surface area contributed by atoms with Gasteiger partial charge in [-0.1, -0.05) is 54.1 Å². The number of urea groups is 1. The summed E-state index contributed by atoms with van der Waals surface area (Å²) in [6.45, 7) is 0.665. The standard InChI is InChI=1S/C27H22ClF4N3O/c28-24-15-22(11-12-25(24)29)33-26(36)35(16-19-6-2-1-3-7-19)18-23-10-5-13-34(23)17-20-8-4-9-21(14-20)27(30,31)32/h1-15H,16-18H2,(H,33,36). The van der Waals surface area contributed by atoms with Crippen molar-refractivity contribution in [2.45, 2.75) is 25.8 Å². The molecule has 1 N–H and O–H groups in total. The summed E-state index contributed by atoms with van der Waals surface area (Å²) in [6, 6.07) is 21.6. The van der Waals surface area contributed by atoms with Gasteiger partial charge in [0.15, 0.2) is 0 Å². The molecule has 36 heavy (non-hydrogen) atoms. The Hall–Kier alpha value is -3.78. The zero-order valence-electron chi connectivity index (χ0n) is 19.0. The molecule has 0 saturated heterocycles. The second-order valence-electron chi connectivity index (χ2n) is 8.23. The lowest BCUT2D eigenvalue weighted by Crippen LogP contribution is -2.34. The van der Waals surface area contributed by atoms with Gasteiger partial charge in [-0.3, -0.25) is 0 Å². The second kappa shape index (κ2) is 10.9. The van der Waals surface area contributed by atoms with Gasteiger partial charge >= 0.3 is 12.2 Å². The van der Waals surface area contributed by atoms with Crippen LogP contribution in [0, 0.1) is 5.82 Å². The predicted octanol–water partition coefficient (Wildman–Crippen LogP) is 7.58. The summed E-state index contributed by atoms with van der Waals surface area (Å²) < 4.78 is 54.7. The van der Waals surface area contributed by atoms with Crippen LogP contribution < -0.4 is 5.32 Å². The molecule has 1 aromatic heterocycles. The second-order valence-corrected chi connectivity index (χ2v) is 8.63. The third-order valence-electron chi connectivity index (χ3n) is 5.56. The topological polar surface area (TPSA) is 37.3 Å². The number of hydrogen-bond donors (Lipinski definition) is 1. The first-order valence-electron chi connectivity index (χ1n) is 11.0. The molecule has 4 nitrogen and oxygen atoms in total. The number of carbonyl (C=O) groups is 1. The molecular weight excluding hydrogens is 494 g/mol. The smallest absolute Gasteiger partial charge is 0.345 e. The monoisotopic (exact) mass is 515 g/mol. The number of nitrogens with one attached hydrogen (secondary N) is 1. The summed E-state index contributed by atoms with van der Waals surface area (Å²) in [5.41, 5.74) is 1.74. The minimum atomic E-state index is -4.43. The average Bonchev–Trinajstić information content (AvgIpc) is 3.27. The van der Waals surface area contributed by atoms with E-state index in [-0.39, 0.29) is 24.7 Å². The number of aromatic nitrogens is 1. The Balaban J connectivity index is 1.56. The summed E-state index contributed by atoms with van der Waals surface area (Å²) in [4.78, 5) is 14.8. The van der Waals surface area contributed by atoms with Crippen LogP contribution in [0.5, 0.6) is 0 Å². The van der Waals surface area contributed by atoms with Crippen molar-refractivity contribution in [3.05, 3.63) is 124 Å². The summed E-state index contributed by atoms with van der Waals surface area (Å²) in [7, 11) is 0. The van der Waals surface area contributed by atoms with E-state index in [1.807, 2.05) is 36.4 Å². The SMILES string of the molecule is O=C(Nc1ccc(F)c(Cl)c1)N(Cc1ccccc1)Cc1cccn1Cc1cccc(C(F)(F)F)c1. The average molecular weight is 516 g/mol. The molecule has 0 aliphatic rings. The number of anilines is 1. The van der Waals surface area contributed by atoms with Crippen molar-refractivity contribution in [3.63, 3.8) is 0 Å². The quantitative estimate of drug-likeness (QED) is 0.253. The maximum Gasteiger partial charge on any atom is 0.416 e. The molecule has 0 spiro atoms. The first-order valence-corrected chi connectivity index (χ1v) is 11.4. The Labute approximate surface area is 210 Å². The van der Waals surface area contributed by atoms with Crippen LogP contribution in [0.1, 0.15) is 22.4 Å². The lowest BCUT2D eigenvalue weighted by Gasteiger charge is -2.24. The van der Waals surface area contributed by atoms with E-state index >= 15 is 0 Å². The fourth-order valence-corrected chi connectivity index (χ4v) is 3.95. The van der Waals surface area contributed by atoms with Crippen LogP contribution in [-0.4, -0.2) is 15.5 Å². The summed E-state index contributed by atoms with van der Waals surface area (Å²) in [6.07, 6.45) is -2.67. The van der Waals surface area contributed by atoms with Crippen LogP contribution in [0.3, 0.4) is 0 Å². The van der Waals surface area contributed by atoms with Gasteiger partial charge in [0, 0.05) is 30.7 Å². The van der Waals surface area contributed by atoms with E-state index in [2.05, 4.69) is 5.32 Å². The zero-order chi connectivity index (χ0) is 25.7. The molecule has 186 valence electrons. The summed E-state index contributed by atoms with van der Waals surface area (Å²) in [5, 5.41) is 2.62. The van der Waals surface area contributed by atoms with Crippen LogP contribution in [0.2, 0.25) is 5.02 Å². The molecule has 0 saturated carbocycles. The number of rotatable bonds is 7. The highest BCUT2D eigenvalue weighted by atomic mass is 35.5. The van der Waals surface area contributed by atoms with Crippen LogP contribution in [0.25, 0.3) is 0 Å². The number of halogens is 5. The number of nitrogens with zero attached hydrogens (tertiary/aromatic N) is 2. The van der Waals surface area contributed by atoms with Crippen LogP contribution in [-0.2, 0) is 25.8 Å². The van der Waals surface area contributed by atoms with E-state index in [1.165, 1.54) is 24.3 Å². The van der Waals surface area contributed by atoms with Gasteiger partial charge in [0.2, 0.25) is 0 Å². The van der Waals surface area contributed by atoms with E-state index < -0.39 is 23.6 Å². The Kier molecular flexibility index (Phi) is 7.64. The van der Waals surface area contributed by atoms with Gasteiger partial charge in [0.1, 0.15) is 5.82 Å². The highest BCUT2D eigenvalue weighted by Gasteiger charge is 2.30. The molecule has 1 heterocycles. The van der Waals surface area contributed by atoms with Gasteiger partial charge in [-0.05, 0) is 53.6 Å². The molecule has 0 aliphatic heterocycles. The molecule has 0 aliphatic carbocycles. The Morgan fingerprint density at radius 3 is 2.36 bits per heavy atom. The molecule has 0 radical (unpaired) electrons. The lowest BCUT2D eigenvalue weighted by atomic mass is 10.1.